The van der Waals surface area contributed by atoms with Gasteiger partial charge in [0.25, 0.3) is 0 Å². The molecule has 14 heavy (non-hydrogen) atoms. The van der Waals surface area contributed by atoms with Gasteiger partial charge < -0.3 is 5.32 Å². The fourth-order valence-corrected chi connectivity index (χ4v) is 2.27. The second-order valence-electron chi connectivity index (χ2n) is 5.01. The minimum Gasteiger partial charge on any atom is -0.317 e. The first-order valence-corrected chi connectivity index (χ1v) is 6.12. The van der Waals surface area contributed by atoms with E-state index in [1.54, 1.807) is 0 Å². The van der Waals surface area contributed by atoms with Gasteiger partial charge in [-0.05, 0) is 65.7 Å². The smallest absolute Gasteiger partial charge is 0.0153 e. The minimum atomic E-state index is 0.463. The zero-order valence-electron chi connectivity index (χ0n) is 10.1. The highest BCUT2D eigenvalue weighted by Gasteiger charge is 2.30. The van der Waals surface area contributed by atoms with Crippen molar-refractivity contribution in [2.45, 2.75) is 52.0 Å². The van der Waals surface area contributed by atoms with Gasteiger partial charge in [-0.15, -0.1) is 0 Å². The van der Waals surface area contributed by atoms with E-state index >= 15 is 0 Å². The molecule has 1 saturated heterocycles. The van der Waals surface area contributed by atoms with Gasteiger partial charge in [-0.3, -0.25) is 4.90 Å². The van der Waals surface area contributed by atoms with Crippen molar-refractivity contribution >= 4 is 0 Å². The highest BCUT2D eigenvalue weighted by atomic mass is 15.2. The summed E-state index contributed by atoms with van der Waals surface area (Å²) >= 11 is 0. The minimum absolute atomic E-state index is 0.463. The Kier molecular flexibility index (Phi) is 4.90. The van der Waals surface area contributed by atoms with Crippen molar-refractivity contribution < 1.29 is 0 Å². The van der Waals surface area contributed by atoms with Crippen LogP contribution in [0.5, 0.6) is 0 Å². The molecule has 0 radical (unpaired) electrons. The molecule has 0 aromatic carbocycles. The van der Waals surface area contributed by atoms with Crippen LogP contribution in [0.4, 0.5) is 0 Å². The van der Waals surface area contributed by atoms with Gasteiger partial charge in [0.1, 0.15) is 0 Å². The van der Waals surface area contributed by atoms with Crippen molar-refractivity contribution in [2.75, 3.05) is 26.2 Å². The van der Waals surface area contributed by atoms with Crippen LogP contribution in [0.3, 0.4) is 0 Å². The van der Waals surface area contributed by atoms with Gasteiger partial charge in [0.05, 0.1) is 0 Å². The van der Waals surface area contributed by atoms with Crippen molar-refractivity contribution in [3.05, 3.63) is 0 Å². The SMILES string of the molecule is CCCNCCCN1CCCC1(C)C. The van der Waals surface area contributed by atoms with Crippen LogP contribution in [-0.4, -0.2) is 36.6 Å². The molecule has 0 aliphatic carbocycles. The zero-order chi connectivity index (χ0) is 10.4. The Morgan fingerprint density at radius 2 is 2.07 bits per heavy atom. The molecule has 1 N–H and O–H groups in total. The predicted molar refractivity (Wildman–Crippen MR) is 62.7 cm³/mol. The third-order valence-electron chi connectivity index (χ3n) is 3.28. The van der Waals surface area contributed by atoms with Crippen LogP contribution >= 0.6 is 0 Å². The fraction of sp³-hybridized carbons (Fsp3) is 1.00. The molecule has 0 aromatic heterocycles. The Bertz CT molecular complexity index is 154. The lowest BCUT2D eigenvalue weighted by Crippen LogP contribution is -2.39. The van der Waals surface area contributed by atoms with Gasteiger partial charge in [-0.2, -0.15) is 0 Å². The van der Waals surface area contributed by atoms with Crippen molar-refractivity contribution in [2.24, 2.45) is 0 Å². The van der Waals surface area contributed by atoms with Crippen molar-refractivity contribution in [1.82, 2.24) is 10.2 Å². The first-order valence-electron chi connectivity index (χ1n) is 6.12. The molecule has 0 atom stereocenters. The molecule has 2 nitrogen and oxygen atoms in total. The Morgan fingerprint density at radius 1 is 1.29 bits per heavy atom. The van der Waals surface area contributed by atoms with E-state index in [0.717, 1.165) is 0 Å². The summed E-state index contributed by atoms with van der Waals surface area (Å²) in [6, 6.07) is 0. The van der Waals surface area contributed by atoms with Gasteiger partial charge in [0, 0.05) is 5.54 Å². The Balaban J connectivity index is 2.06. The predicted octanol–water partition coefficient (Wildman–Crippen LogP) is 2.25. The summed E-state index contributed by atoms with van der Waals surface area (Å²) in [6.07, 6.45) is 5.30. The lowest BCUT2D eigenvalue weighted by Gasteiger charge is -2.31. The van der Waals surface area contributed by atoms with Crippen molar-refractivity contribution in [1.29, 1.82) is 0 Å². The van der Waals surface area contributed by atoms with Crippen molar-refractivity contribution in [3.8, 4) is 0 Å². The highest BCUT2D eigenvalue weighted by molar-refractivity contribution is 4.87. The molecule has 0 bridgehead atoms. The third-order valence-corrected chi connectivity index (χ3v) is 3.28. The second kappa shape index (κ2) is 5.72. The first kappa shape index (κ1) is 12.0. The van der Waals surface area contributed by atoms with E-state index in [1.807, 2.05) is 0 Å². The van der Waals surface area contributed by atoms with E-state index in [1.165, 1.54) is 51.9 Å². The normalized spacial score (nSPS) is 21.6. The molecular weight excluding hydrogens is 172 g/mol. The van der Waals surface area contributed by atoms with Crippen molar-refractivity contribution in [3.63, 3.8) is 0 Å². The number of likely N-dealkylation sites (tertiary alicyclic amines) is 1. The molecule has 1 fully saturated rings. The summed E-state index contributed by atoms with van der Waals surface area (Å²) in [6.45, 7) is 11.9. The average molecular weight is 198 g/mol. The van der Waals surface area contributed by atoms with E-state index in [2.05, 4.69) is 31.0 Å². The largest absolute Gasteiger partial charge is 0.317 e. The van der Waals surface area contributed by atoms with Crippen LogP contribution in [0.25, 0.3) is 0 Å². The summed E-state index contributed by atoms with van der Waals surface area (Å²) in [4.78, 5) is 2.64. The van der Waals surface area contributed by atoms with E-state index in [4.69, 9.17) is 0 Å². The van der Waals surface area contributed by atoms with Gasteiger partial charge >= 0.3 is 0 Å². The highest BCUT2D eigenvalue weighted by Crippen LogP contribution is 2.27. The van der Waals surface area contributed by atoms with E-state index in [9.17, 15) is 0 Å². The van der Waals surface area contributed by atoms with Gasteiger partial charge in [0.2, 0.25) is 0 Å². The molecule has 0 aromatic rings. The molecule has 2 heteroatoms. The molecule has 1 aliphatic heterocycles. The Labute approximate surface area is 89.1 Å². The zero-order valence-corrected chi connectivity index (χ0v) is 10.1. The topological polar surface area (TPSA) is 15.3 Å². The summed E-state index contributed by atoms with van der Waals surface area (Å²) in [5, 5.41) is 3.46. The lowest BCUT2D eigenvalue weighted by molar-refractivity contribution is 0.173. The molecule has 0 unspecified atom stereocenters. The molecule has 84 valence electrons. The summed E-state index contributed by atoms with van der Waals surface area (Å²) < 4.78 is 0. The maximum absolute atomic E-state index is 3.46. The van der Waals surface area contributed by atoms with Crippen LogP contribution in [0.1, 0.15) is 46.5 Å². The average Bonchev–Trinajstić information content (AvgIpc) is 2.45. The van der Waals surface area contributed by atoms with E-state index in [0.29, 0.717) is 5.54 Å². The number of nitrogens with zero attached hydrogens (tertiary/aromatic N) is 1. The van der Waals surface area contributed by atoms with E-state index in [-0.39, 0.29) is 0 Å². The molecule has 0 saturated carbocycles. The number of rotatable bonds is 6. The summed E-state index contributed by atoms with van der Waals surface area (Å²) in [7, 11) is 0. The van der Waals surface area contributed by atoms with Gasteiger partial charge in [-0.25, -0.2) is 0 Å². The maximum atomic E-state index is 3.46. The molecule has 1 rings (SSSR count). The monoisotopic (exact) mass is 198 g/mol. The quantitative estimate of drug-likeness (QED) is 0.659. The van der Waals surface area contributed by atoms with Crippen LogP contribution < -0.4 is 5.32 Å². The molecular formula is C12H26N2. The first-order chi connectivity index (χ1) is 6.67. The van der Waals surface area contributed by atoms with E-state index < -0.39 is 0 Å². The number of hydrogen-bond acceptors (Lipinski definition) is 2. The lowest BCUT2D eigenvalue weighted by atomic mass is 10.0. The fourth-order valence-electron chi connectivity index (χ4n) is 2.27. The van der Waals surface area contributed by atoms with Gasteiger partial charge in [-0.1, -0.05) is 6.92 Å². The van der Waals surface area contributed by atoms with Crippen LogP contribution in [0.2, 0.25) is 0 Å². The summed E-state index contributed by atoms with van der Waals surface area (Å²) in [5.41, 5.74) is 0.463. The standard InChI is InChI=1S/C12H26N2/c1-4-8-13-9-6-11-14-10-5-7-12(14,2)3/h13H,4-11H2,1-3H3. The Morgan fingerprint density at radius 3 is 2.64 bits per heavy atom. The van der Waals surface area contributed by atoms with Crippen LogP contribution in [0.15, 0.2) is 0 Å². The summed E-state index contributed by atoms with van der Waals surface area (Å²) in [5.74, 6) is 0. The van der Waals surface area contributed by atoms with Crippen LogP contribution in [0, 0.1) is 0 Å². The number of hydrogen-bond donors (Lipinski definition) is 1. The molecule has 0 amide bonds. The Hall–Kier alpha value is -0.0800. The molecule has 1 heterocycles. The molecule has 0 spiro atoms. The second-order valence-corrected chi connectivity index (χ2v) is 5.01. The third kappa shape index (κ3) is 3.58. The molecule has 1 aliphatic rings. The van der Waals surface area contributed by atoms with Crippen LogP contribution in [-0.2, 0) is 0 Å². The van der Waals surface area contributed by atoms with Gasteiger partial charge in [0.15, 0.2) is 0 Å². The number of nitrogens with one attached hydrogen (secondary N) is 1. The maximum Gasteiger partial charge on any atom is 0.0153 e.